The van der Waals surface area contributed by atoms with E-state index in [2.05, 4.69) is 0 Å². The third kappa shape index (κ3) is 4.41. The molecule has 1 N–H and O–H groups in total. The standard InChI is InChI=1S/C8H25O12Si8/c1-21-10-23(3)14-25(5)12-22(2,9)13-26(6)15-24(4,11-21)17-27(7,16-23)20-28(8,18-25)19-26/h9H,1-8H3. The Morgan fingerprint density at radius 2 is 0.714 bits per heavy atom. The first-order valence-electron chi connectivity index (χ1n) is 8.71. The van der Waals surface area contributed by atoms with Crippen LogP contribution in [0.15, 0.2) is 0 Å². The van der Waals surface area contributed by atoms with Crippen LogP contribution in [-0.2, 0) is 45.3 Å². The topological polar surface area (TPSA) is 122 Å². The van der Waals surface area contributed by atoms with Crippen molar-refractivity contribution >= 4 is 70.9 Å². The molecule has 4 aliphatic heterocycles. The third-order valence-electron chi connectivity index (χ3n) is 4.00. The molecule has 4 aliphatic rings. The van der Waals surface area contributed by atoms with Gasteiger partial charge in [0, 0.05) is 45.8 Å². The number of rotatable bonds is 0. The van der Waals surface area contributed by atoms with Gasteiger partial charge in [0.25, 0.3) is 0 Å². The molecule has 0 aromatic carbocycles. The van der Waals surface area contributed by atoms with Gasteiger partial charge in [-0.3, -0.25) is 0 Å². The summed E-state index contributed by atoms with van der Waals surface area (Å²) in [6.07, 6.45) is 0. The monoisotopic (exact) mass is 537 g/mol. The van der Waals surface area contributed by atoms with Gasteiger partial charge in [0.2, 0.25) is 0 Å². The molecule has 4 rings (SSSR count). The minimum absolute atomic E-state index is 1.46. The minimum Gasteiger partial charge on any atom is -0.394 e. The molecule has 12 nitrogen and oxygen atoms in total. The molecule has 4 atom stereocenters. The van der Waals surface area contributed by atoms with Crippen molar-refractivity contribution in [1.82, 2.24) is 0 Å². The highest BCUT2D eigenvalue weighted by molar-refractivity contribution is 6.98. The molecule has 1 radical (unpaired) electrons. The van der Waals surface area contributed by atoms with Crippen LogP contribution in [0.4, 0.5) is 0 Å². The predicted molar refractivity (Wildman–Crippen MR) is 107 cm³/mol. The Labute approximate surface area is 173 Å². The minimum atomic E-state index is -3.77. The molecule has 0 amide bonds. The van der Waals surface area contributed by atoms with E-state index < -0.39 is 70.9 Å². The molecule has 20 heteroatoms. The molecule has 0 spiro atoms. The fraction of sp³-hybridized carbons (Fsp3) is 1.00. The van der Waals surface area contributed by atoms with Gasteiger partial charge < -0.3 is 50.1 Å². The van der Waals surface area contributed by atoms with Gasteiger partial charge in [0.15, 0.2) is 0 Å². The molecule has 4 saturated heterocycles. The van der Waals surface area contributed by atoms with Gasteiger partial charge in [0.05, 0.1) is 0 Å². The SMILES string of the molecule is C[Si]1O[Si]2(C)O[Si]3(C)O[Si](C)(O)O[Si]4(C)O[Si](C)(O1)O[Si](C)(O2)O[Si](C)(O3)O4. The van der Waals surface area contributed by atoms with E-state index in [4.69, 9.17) is 45.3 Å². The Hall–Kier alpha value is 1.26. The van der Waals surface area contributed by atoms with Crippen LogP contribution in [0.1, 0.15) is 0 Å². The lowest BCUT2D eigenvalue weighted by molar-refractivity contribution is 0.0138. The van der Waals surface area contributed by atoms with Crippen LogP contribution in [0.5, 0.6) is 0 Å². The summed E-state index contributed by atoms with van der Waals surface area (Å²) >= 11 is 0. The number of fused-ring (bicyclic) bond motifs is 4. The van der Waals surface area contributed by atoms with Gasteiger partial charge in [-0.15, -0.1) is 0 Å². The summed E-state index contributed by atoms with van der Waals surface area (Å²) in [6, 6.07) is 0. The zero-order chi connectivity index (χ0) is 20.9. The lowest BCUT2D eigenvalue weighted by Gasteiger charge is -2.56. The Morgan fingerprint density at radius 3 is 1.04 bits per heavy atom. The quantitative estimate of drug-likeness (QED) is 0.428. The van der Waals surface area contributed by atoms with Crippen LogP contribution in [-0.4, -0.2) is 75.7 Å². The predicted octanol–water partition coefficient (Wildman–Crippen LogP) is 0.315. The van der Waals surface area contributed by atoms with E-state index >= 15 is 0 Å². The van der Waals surface area contributed by atoms with E-state index in [1.54, 1.807) is 45.8 Å². The van der Waals surface area contributed by atoms with Crippen molar-refractivity contribution in [3.05, 3.63) is 0 Å². The van der Waals surface area contributed by atoms with Crippen LogP contribution < -0.4 is 0 Å². The maximum Gasteiger partial charge on any atom is 0.480 e. The molecule has 0 aliphatic carbocycles. The molecular weight excluding hydrogens is 513 g/mol. The third-order valence-corrected chi connectivity index (χ3v) is 36.0. The molecule has 0 aromatic rings. The van der Waals surface area contributed by atoms with E-state index in [9.17, 15) is 4.80 Å². The van der Waals surface area contributed by atoms with Crippen molar-refractivity contribution in [2.75, 3.05) is 0 Å². The van der Waals surface area contributed by atoms with Crippen LogP contribution >= 0.6 is 0 Å². The summed E-state index contributed by atoms with van der Waals surface area (Å²) in [5.74, 6) is 0. The van der Waals surface area contributed by atoms with Crippen molar-refractivity contribution in [3.8, 4) is 0 Å². The Balaban J connectivity index is 1.93. The zero-order valence-electron chi connectivity index (χ0n) is 16.9. The second-order valence-electron chi connectivity index (χ2n) is 7.69. The van der Waals surface area contributed by atoms with E-state index in [1.165, 1.54) is 6.55 Å². The van der Waals surface area contributed by atoms with Crippen LogP contribution in [0, 0.1) is 0 Å². The lowest BCUT2D eigenvalue weighted by atomic mass is 11.9. The van der Waals surface area contributed by atoms with Gasteiger partial charge in [-0.05, 0) is 6.55 Å². The maximum atomic E-state index is 10.9. The highest BCUT2D eigenvalue weighted by atomic mass is 28.6. The molecule has 0 saturated carbocycles. The number of hydrogen-bond acceptors (Lipinski definition) is 12. The van der Waals surface area contributed by atoms with E-state index in [1.807, 2.05) is 0 Å². The molecule has 4 heterocycles. The second kappa shape index (κ2) is 6.40. The summed E-state index contributed by atoms with van der Waals surface area (Å²) in [7, 11) is -26.4. The van der Waals surface area contributed by atoms with Crippen molar-refractivity contribution in [2.45, 2.75) is 52.4 Å². The summed E-state index contributed by atoms with van der Waals surface area (Å²) in [5.41, 5.74) is 0. The Bertz CT molecular complexity index is 617. The van der Waals surface area contributed by atoms with E-state index in [0.717, 1.165) is 0 Å². The van der Waals surface area contributed by atoms with Gasteiger partial charge in [-0.1, -0.05) is 0 Å². The van der Waals surface area contributed by atoms with Gasteiger partial charge in [-0.25, -0.2) is 0 Å². The smallest absolute Gasteiger partial charge is 0.394 e. The zero-order valence-corrected chi connectivity index (χ0v) is 24.9. The summed E-state index contributed by atoms with van der Waals surface area (Å²) in [4.78, 5) is 10.9. The van der Waals surface area contributed by atoms with Crippen molar-refractivity contribution in [1.29, 1.82) is 0 Å². The van der Waals surface area contributed by atoms with Crippen molar-refractivity contribution in [2.24, 2.45) is 0 Å². The van der Waals surface area contributed by atoms with Gasteiger partial charge in [0.1, 0.15) is 0 Å². The highest BCUT2D eigenvalue weighted by Gasteiger charge is 2.73. The van der Waals surface area contributed by atoms with E-state index in [0.29, 0.717) is 0 Å². The van der Waals surface area contributed by atoms with Crippen LogP contribution in [0.2, 0.25) is 52.4 Å². The van der Waals surface area contributed by atoms with Gasteiger partial charge >= 0.3 is 70.9 Å². The number of hydrogen-bond donors (Lipinski definition) is 1. The van der Waals surface area contributed by atoms with Crippen LogP contribution in [0.3, 0.4) is 0 Å². The fourth-order valence-electron chi connectivity index (χ4n) is 3.98. The average Bonchev–Trinajstić information content (AvgIpc) is 2.24. The average molecular weight is 538 g/mol. The molecule has 6 bridgehead atoms. The highest BCUT2D eigenvalue weighted by Crippen LogP contribution is 2.43. The lowest BCUT2D eigenvalue weighted by Crippen LogP contribution is -2.81. The Morgan fingerprint density at radius 1 is 0.464 bits per heavy atom. The van der Waals surface area contributed by atoms with Crippen molar-refractivity contribution < 1.29 is 50.1 Å². The summed E-state index contributed by atoms with van der Waals surface area (Å²) in [5, 5.41) is 0. The van der Waals surface area contributed by atoms with Gasteiger partial charge in [-0.2, -0.15) is 0 Å². The molecule has 4 fully saturated rings. The van der Waals surface area contributed by atoms with Crippen LogP contribution in [0.25, 0.3) is 0 Å². The summed E-state index contributed by atoms with van der Waals surface area (Å²) in [6.45, 7) is 13.4. The molecule has 161 valence electrons. The second-order valence-corrected chi connectivity index (χ2v) is 29.8. The normalized spacial score (nSPS) is 60.3. The molecular formula is C8H25O12Si8. The van der Waals surface area contributed by atoms with E-state index in [-0.39, 0.29) is 0 Å². The first kappa shape index (κ1) is 22.4. The molecule has 0 aromatic heterocycles. The molecule has 4 unspecified atom stereocenters. The molecule has 28 heavy (non-hydrogen) atoms. The Kier molecular flexibility index (Phi) is 5.13. The largest absolute Gasteiger partial charge is 0.480 e. The van der Waals surface area contributed by atoms with Crippen molar-refractivity contribution in [3.63, 3.8) is 0 Å². The first-order chi connectivity index (χ1) is 12.5. The maximum absolute atomic E-state index is 10.9. The first-order valence-corrected chi connectivity index (χ1v) is 26.1. The summed E-state index contributed by atoms with van der Waals surface area (Å²) < 4.78 is 68.4. The fourth-order valence-corrected chi connectivity index (χ4v) is 43.4.